The van der Waals surface area contributed by atoms with E-state index in [-0.39, 0.29) is 36.9 Å². The van der Waals surface area contributed by atoms with E-state index in [1.165, 1.54) is 6.08 Å². The third kappa shape index (κ3) is 6.69. The quantitative estimate of drug-likeness (QED) is 0.183. The van der Waals surface area contributed by atoms with Gasteiger partial charge in [0.2, 0.25) is 0 Å². The monoisotopic (exact) mass is 513 g/mol. The lowest BCUT2D eigenvalue weighted by Crippen LogP contribution is -2.57. The normalized spacial score (nSPS) is 21.2. The number of nitrogens with one attached hydrogen (secondary N) is 4. The summed E-state index contributed by atoms with van der Waals surface area (Å²) in [5.41, 5.74) is 6.92. The van der Waals surface area contributed by atoms with Crippen LogP contribution in [0.2, 0.25) is 0 Å². The van der Waals surface area contributed by atoms with Crippen molar-refractivity contribution in [3.05, 3.63) is 36.2 Å². The smallest absolute Gasteiger partial charge is 0.279 e. The van der Waals surface area contributed by atoms with Gasteiger partial charge in [0.05, 0.1) is 11.6 Å². The molecule has 0 unspecified atom stereocenters. The molecule has 3 rings (SSSR count). The van der Waals surface area contributed by atoms with E-state index in [1.807, 2.05) is 32.0 Å². The van der Waals surface area contributed by atoms with E-state index in [0.29, 0.717) is 43.0 Å². The number of aromatic nitrogens is 2. The molecule has 1 aliphatic heterocycles. The van der Waals surface area contributed by atoms with Crippen molar-refractivity contribution < 1.29 is 8.42 Å². The van der Waals surface area contributed by atoms with E-state index in [4.69, 9.17) is 21.4 Å². The first-order chi connectivity index (χ1) is 17.2. The number of nitrogens with zero attached hydrogens (tertiary/aromatic N) is 4. The molecule has 0 amide bonds. The molecule has 0 saturated carbocycles. The van der Waals surface area contributed by atoms with Gasteiger partial charge in [-0.25, -0.2) is 9.71 Å². The molecule has 6 N–H and O–H groups in total. The predicted octanol–water partition coefficient (Wildman–Crippen LogP) is 3.06. The van der Waals surface area contributed by atoms with Crippen LogP contribution in [0.3, 0.4) is 0 Å². The van der Waals surface area contributed by atoms with Crippen LogP contribution in [0, 0.1) is 16.7 Å². The summed E-state index contributed by atoms with van der Waals surface area (Å²) < 4.78 is 30.3. The van der Waals surface area contributed by atoms with Gasteiger partial charge in [0.25, 0.3) is 10.2 Å². The van der Waals surface area contributed by atoms with Gasteiger partial charge in [0.15, 0.2) is 0 Å². The molecule has 3 atom stereocenters. The van der Waals surface area contributed by atoms with Crippen LogP contribution in [0.5, 0.6) is 0 Å². The van der Waals surface area contributed by atoms with Gasteiger partial charge in [-0.05, 0) is 50.8 Å². The van der Waals surface area contributed by atoms with Gasteiger partial charge in [-0.3, -0.25) is 10.4 Å². The fourth-order valence-electron chi connectivity index (χ4n) is 4.62. The molecular formula is C24H35N9O2S. The number of hydrogen-bond acceptors (Lipinski definition) is 8. The summed E-state index contributed by atoms with van der Waals surface area (Å²) in [6.07, 6.45) is 5.88. The van der Waals surface area contributed by atoms with Crippen LogP contribution in [-0.2, 0) is 10.2 Å². The average Bonchev–Trinajstić information content (AvgIpc) is 2.82. The summed E-state index contributed by atoms with van der Waals surface area (Å²) in [5, 5.41) is 24.2. The Morgan fingerprint density at radius 2 is 2.03 bits per heavy atom. The average molecular weight is 514 g/mol. The SMILES string of the molecule is CC[C@@H]1C[C@@H](Nc2nc(NC(=N)/C=C(/C)N)cc3ncccc23)C[C@H](CC)N1S(=O)(=O)NCCC#N. The van der Waals surface area contributed by atoms with Crippen molar-refractivity contribution in [1.29, 1.82) is 10.7 Å². The molecule has 194 valence electrons. The van der Waals surface area contributed by atoms with Crippen molar-refractivity contribution in [1.82, 2.24) is 19.0 Å². The minimum Gasteiger partial charge on any atom is -0.402 e. The van der Waals surface area contributed by atoms with Gasteiger partial charge < -0.3 is 16.4 Å². The molecular weight excluding hydrogens is 478 g/mol. The van der Waals surface area contributed by atoms with E-state index in [0.717, 1.165) is 10.9 Å². The molecule has 2 aromatic heterocycles. The summed E-state index contributed by atoms with van der Waals surface area (Å²) >= 11 is 0. The van der Waals surface area contributed by atoms with Gasteiger partial charge in [0.1, 0.15) is 17.5 Å². The highest BCUT2D eigenvalue weighted by Gasteiger charge is 2.41. The Morgan fingerprint density at radius 1 is 1.33 bits per heavy atom. The van der Waals surface area contributed by atoms with Gasteiger partial charge >= 0.3 is 0 Å². The van der Waals surface area contributed by atoms with E-state index in [9.17, 15) is 8.42 Å². The second-order valence-corrected chi connectivity index (χ2v) is 10.6. The predicted molar refractivity (Wildman–Crippen MR) is 143 cm³/mol. The van der Waals surface area contributed by atoms with Gasteiger partial charge in [0, 0.05) is 54.4 Å². The number of piperidine rings is 1. The first kappa shape index (κ1) is 27.3. The number of nitrogens with two attached hydrogens (primary N) is 1. The zero-order valence-electron chi connectivity index (χ0n) is 21.0. The van der Waals surface area contributed by atoms with Crippen molar-refractivity contribution in [2.75, 3.05) is 17.2 Å². The minimum absolute atomic E-state index is 0.0118. The lowest BCUT2D eigenvalue weighted by Gasteiger charge is -2.44. The Kier molecular flexibility index (Phi) is 9.19. The number of fused-ring (bicyclic) bond motifs is 1. The molecule has 0 radical (unpaired) electrons. The van der Waals surface area contributed by atoms with Crippen LogP contribution in [0.1, 0.15) is 52.9 Å². The number of rotatable bonds is 10. The van der Waals surface area contributed by atoms with E-state index < -0.39 is 10.2 Å². The van der Waals surface area contributed by atoms with Gasteiger partial charge in [-0.1, -0.05) is 13.8 Å². The maximum absolute atomic E-state index is 13.1. The Morgan fingerprint density at radius 3 is 2.64 bits per heavy atom. The highest BCUT2D eigenvalue weighted by atomic mass is 32.2. The van der Waals surface area contributed by atoms with Crippen molar-refractivity contribution in [2.24, 2.45) is 5.73 Å². The molecule has 36 heavy (non-hydrogen) atoms. The molecule has 0 spiro atoms. The van der Waals surface area contributed by atoms with Crippen LogP contribution in [0.15, 0.2) is 36.2 Å². The van der Waals surface area contributed by atoms with Crippen molar-refractivity contribution in [3.63, 3.8) is 0 Å². The number of nitriles is 1. The second-order valence-electron chi connectivity index (χ2n) is 8.93. The molecule has 0 aromatic carbocycles. The second kappa shape index (κ2) is 12.1. The molecule has 1 saturated heterocycles. The number of anilines is 2. The van der Waals surface area contributed by atoms with Crippen LogP contribution in [0.4, 0.5) is 11.6 Å². The van der Waals surface area contributed by atoms with Gasteiger partial charge in [-0.15, -0.1) is 0 Å². The maximum atomic E-state index is 13.1. The van der Waals surface area contributed by atoms with Crippen LogP contribution >= 0.6 is 0 Å². The molecule has 11 nitrogen and oxygen atoms in total. The largest absolute Gasteiger partial charge is 0.402 e. The topological polar surface area (TPSA) is 173 Å². The first-order valence-corrected chi connectivity index (χ1v) is 13.6. The molecule has 1 fully saturated rings. The highest BCUT2D eigenvalue weighted by Crippen LogP contribution is 2.32. The standard InChI is InChI=1S/C24H35N9O2S/c1-4-18-13-17(14-19(5-2)33(18)36(34,35)29-11-7-9-25)30-24-20-8-6-10-28-21(20)15-23(32-24)31-22(27)12-16(3)26/h6,8,10,12,15,17-19,29H,4-5,7,11,13-14,26H2,1-3H3,(H3,27,30,31,32)/b16-12-/t17-,18-,19+. The van der Waals surface area contributed by atoms with Crippen LogP contribution in [-0.4, -0.2) is 53.2 Å². The zero-order valence-corrected chi connectivity index (χ0v) is 21.8. The molecule has 1 aliphatic rings. The van der Waals surface area contributed by atoms with Crippen molar-refractivity contribution >= 4 is 38.6 Å². The van der Waals surface area contributed by atoms with Crippen LogP contribution in [0.25, 0.3) is 10.9 Å². The minimum atomic E-state index is -3.71. The van der Waals surface area contributed by atoms with E-state index in [1.54, 1.807) is 23.5 Å². The lowest BCUT2D eigenvalue weighted by atomic mass is 9.91. The third-order valence-electron chi connectivity index (χ3n) is 6.15. The zero-order chi connectivity index (χ0) is 26.3. The van der Waals surface area contributed by atoms with E-state index in [2.05, 4.69) is 20.3 Å². The summed E-state index contributed by atoms with van der Waals surface area (Å²) in [6.45, 7) is 5.77. The van der Waals surface area contributed by atoms with Crippen LogP contribution < -0.4 is 21.1 Å². The molecule has 0 aliphatic carbocycles. The number of hydrogen-bond donors (Lipinski definition) is 5. The maximum Gasteiger partial charge on any atom is 0.279 e. The van der Waals surface area contributed by atoms with Gasteiger partial charge in [-0.2, -0.15) is 18.0 Å². The fraction of sp³-hybridized carbons (Fsp3) is 0.500. The highest BCUT2D eigenvalue weighted by molar-refractivity contribution is 7.87. The Bertz CT molecular complexity index is 1240. The van der Waals surface area contributed by atoms with E-state index >= 15 is 0 Å². The Labute approximate surface area is 212 Å². The summed E-state index contributed by atoms with van der Waals surface area (Å²) in [4.78, 5) is 9.17. The summed E-state index contributed by atoms with van der Waals surface area (Å²) in [5.74, 6) is 1.21. The Hall–Kier alpha value is -3.27. The third-order valence-corrected chi connectivity index (χ3v) is 7.87. The molecule has 2 aromatic rings. The number of pyridine rings is 2. The number of allylic oxidation sites excluding steroid dienone is 1. The molecule has 12 heteroatoms. The summed E-state index contributed by atoms with van der Waals surface area (Å²) in [7, 11) is -3.71. The summed E-state index contributed by atoms with van der Waals surface area (Å²) in [6, 6.07) is 7.12. The fourth-order valence-corrected chi connectivity index (χ4v) is 6.38. The Balaban J connectivity index is 1.87. The van der Waals surface area contributed by atoms with Crippen molar-refractivity contribution in [2.45, 2.75) is 71.0 Å². The first-order valence-electron chi connectivity index (χ1n) is 12.1. The molecule has 3 heterocycles. The molecule has 0 bridgehead atoms. The number of amidine groups is 1. The van der Waals surface area contributed by atoms with Crippen molar-refractivity contribution in [3.8, 4) is 6.07 Å². The lowest BCUT2D eigenvalue weighted by molar-refractivity contribution is 0.159.